The van der Waals surface area contributed by atoms with Gasteiger partial charge in [-0.15, -0.1) is 10.2 Å². The van der Waals surface area contributed by atoms with Crippen LogP contribution in [-0.4, -0.2) is 32.3 Å². The van der Waals surface area contributed by atoms with Gasteiger partial charge in [0, 0.05) is 17.6 Å². The smallest absolute Gasteiger partial charge is 0.250 e. The fourth-order valence-electron chi connectivity index (χ4n) is 2.44. The molecular weight excluding hydrogens is 386 g/mol. The summed E-state index contributed by atoms with van der Waals surface area (Å²) in [5, 5.41) is 12.2. The highest BCUT2D eigenvalue weighted by molar-refractivity contribution is 7.99. The van der Waals surface area contributed by atoms with Gasteiger partial charge in [-0.3, -0.25) is 9.59 Å². The van der Waals surface area contributed by atoms with Gasteiger partial charge in [0.25, 0.3) is 5.91 Å². The van der Waals surface area contributed by atoms with Crippen LogP contribution in [0.4, 0.5) is 5.69 Å². The van der Waals surface area contributed by atoms with Gasteiger partial charge in [-0.05, 0) is 24.3 Å². The Kier molecular flexibility index (Phi) is 5.78. The lowest BCUT2D eigenvalue weighted by atomic mass is 10.1. The SMILES string of the molecule is Cn1c(SCC(=O)Nc2ccccc2C(N)=O)nnc1-c1cccc(Cl)c1. The van der Waals surface area contributed by atoms with E-state index < -0.39 is 5.91 Å². The van der Waals surface area contributed by atoms with Gasteiger partial charge in [-0.2, -0.15) is 0 Å². The van der Waals surface area contributed by atoms with E-state index in [4.69, 9.17) is 17.3 Å². The lowest BCUT2D eigenvalue weighted by molar-refractivity contribution is -0.113. The maximum Gasteiger partial charge on any atom is 0.250 e. The van der Waals surface area contributed by atoms with Crippen molar-refractivity contribution in [1.29, 1.82) is 0 Å². The van der Waals surface area contributed by atoms with Crippen molar-refractivity contribution >= 4 is 40.9 Å². The number of para-hydroxylation sites is 1. The van der Waals surface area contributed by atoms with Crippen molar-refractivity contribution < 1.29 is 9.59 Å². The Balaban J connectivity index is 1.67. The molecule has 0 aliphatic heterocycles. The number of thioether (sulfide) groups is 1. The van der Waals surface area contributed by atoms with Gasteiger partial charge in [0.2, 0.25) is 5.91 Å². The summed E-state index contributed by atoms with van der Waals surface area (Å²) in [5.74, 6) is -0.118. The van der Waals surface area contributed by atoms with Gasteiger partial charge in [0.05, 0.1) is 17.0 Å². The Morgan fingerprint density at radius 3 is 2.70 bits per heavy atom. The molecule has 0 fully saturated rings. The van der Waals surface area contributed by atoms with Crippen LogP contribution < -0.4 is 11.1 Å². The van der Waals surface area contributed by atoms with E-state index in [-0.39, 0.29) is 17.2 Å². The van der Waals surface area contributed by atoms with Crippen LogP contribution in [0.15, 0.2) is 53.7 Å². The van der Waals surface area contributed by atoms with E-state index in [1.165, 1.54) is 11.8 Å². The van der Waals surface area contributed by atoms with E-state index in [0.717, 1.165) is 5.56 Å². The van der Waals surface area contributed by atoms with Gasteiger partial charge in [-0.25, -0.2) is 0 Å². The quantitative estimate of drug-likeness (QED) is 0.618. The Morgan fingerprint density at radius 2 is 1.96 bits per heavy atom. The minimum absolute atomic E-state index is 0.106. The normalized spacial score (nSPS) is 10.6. The third kappa shape index (κ3) is 4.47. The van der Waals surface area contributed by atoms with Crippen LogP contribution in [0, 0.1) is 0 Å². The van der Waals surface area contributed by atoms with Crippen molar-refractivity contribution in [2.24, 2.45) is 12.8 Å². The zero-order valence-electron chi connectivity index (χ0n) is 14.3. The number of carbonyl (C=O) groups is 2. The molecule has 2 aromatic carbocycles. The van der Waals surface area contributed by atoms with Crippen LogP contribution in [-0.2, 0) is 11.8 Å². The Hall–Kier alpha value is -2.84. The van der Waals surface area contributed by atoms with E-state index in [1.54, 1.807) is 41.0 Å². The van der Waals surface area contributed by atoms with Gasteiger partial charge >= 0.3 is 0 Å². The molecule has 138 valence electrons. The number of hydrogen-bond acceptors (Lipinski definition) is 5. The highest BCUT2D eigenvalue weighted by Gasteiger charge is 2.15. The fourth-order valence-corrected chi connectivity index (χ4v) is 3.34. The molecule has 1 aromatic heterocycles. The summed E-state index contributed by atoms with van der Waals surface area (Å²) in [7, 11) is 1.82. The van der Waals surface area contributed by atoms with E-state index in [9.17, 15) is 9.59 Å². The minimum atomic E-state index is -0.599. The first kappa shape index (κ1) is 18.9. The Labute approximate surface area is 164 Å². The average molecular weight is 402 g/mol. The fraction of sp³-hybridized carbons (Fsp3) is 0.111. The second kappa shape index (κ2) is 8.24. The molecule has 0 bridgehead atoms. The molecule has 0 aliphatic carbocycles. The molecule has 1 heterocycles. The number of nitrogens with two attached hydrogens (primary N) is 1. The Bertz CT molecular complexity index is 1000. The molecule has 27 heavy (non-hydrogen) atoms. The van der Waals surface area contributed by atoms with Gasteiger partial charge in [-0.1, -0.05) is 47.6 Å². The number of aromatic nitrogens is 3. The minimum Gasteiger partial charge on any atom is -0.366 e. The number of primary amides is 1. The summed E-state index contributed by atoms with van der Waals surface area (Å²) in [6.45, 7) is 0. The number of carbonyl (C=O) groups excluding carboxylic acids is 2. The zero-order valence-corrected chi connectivity index (χ0v) is 15.9. The summed E-state index contributed by atoms with van der Waals surface area (Å²) in [6.07, 6.45) is 0. The predicted molar refractivity (Wildman–Crippen MR) is 106 cm³/mol. The summed E-state index contributed by atoms with van der Waals surface area (Å²) in [5.41, 5.74) is 6.80. The molecule has 9 heteroatoms. The molecule has 0 spiro atoms. The molecular formula is C18H16ClN5O2S. The molecule has 3 N–H and O–H groups in total. The van der Waals surface area contributed by atoms with Crippen LogP contribution in [0.5, 0.6) is 0 Å². The van der Waals surface area contributed by atoms with Crippen molar-refractivity contribution in [1.82, 2.24) is 14.8 Å². The van der Waals surface area contributed by atoms with Crippen LogP contribution in [0.3, 0.4) is 0 Å². The Morgan fingerprint density at radius 1 is 1.19 bits per heavy atom. The third-order valence-corrected chi connectivity index (χ3v) is 4.97. The van der Waals surface area contributed by atoms with Crippen molar-refractivity contribution in [3.05, 3.63) is 59.1 Å². The van der Waals surface area contributed by atoms with Crippen LogP contribution >= 0.6 is 23.4 Å². The van der Waals surface area contributed by atoms with E-state index in [1.807, 2.05) is 19.2 Å². The standard InChI is InChI=1S/C18H16ClN5O2S/c1-24-17(11-5-4-6-12(19)9-11)22-23-18(24)27-10-15(25)21-14-8-3-2-7-13(14)16(20)26/h2-9H,10H2,1H3,(H2,20,26)(H,21,25). The molecule has 0 radical (unpaired) electrons. The monoisotopic (exact) mass is 401 g/mol. The van der Waals surface area contributed by atoms with Crippen LogP contribution in [0.1, 0.15) is 10.4 Å². The predicted octanol–water partition coefficient (Wildman–Crippen LogP) is 2.97. The van der Waals surface area contributed by atoms with Crippen molar-refractivity contribution in [3.63, 3.8) is 0 Å². The third-order valence-electron chi connectivity index (χ3n) is 3.72. The van der Waals surface area contributed by atoms with E-state index in [2.05, 4.69) is 15.5 Å². The van der Waals surface area contributed by atoms with Crippen molar-refractivity contribution in [2.75, 3.05) is 11.1 Å². The summed E-state index contributed by atoms with van der Waals surface area (Å²) >= 11 is 7.26. The number of nitrogens with zero attached hydrogens (tertiary/aromatic N) is 3. The molecule has 0 atom stereocenters. The summed E-state index contributed by atoms with van der Waals surface area (Å²) in [4.78, 5) is 23.7. The highest BCUT2D eigenvalue weighted by Crippen LogP contribution is 2.25. The highest BCUT2D eigenvalue weighted by atomic mass is 35.5. The second-order valence-corrected chi connectivity index (χ2v) is 7.00. The van der Waals surface area contributed by atoms with Crippen molar-refractivity contribution in [3.8, 4) is 11.4 Å². The molecule has 2 amide bonds. The van der Waals surface area contributed by atoms with Crippen LogP contribution in [0.2, 0.25) is 5.02 Å². The number of rotatable bonds is 6. The first-order chi connectivity index (χ1) is 13.0. The molecule has 0 saturated heterocycles. The molecule has 0 aliphatic rings. The zero-order chi connectivity index (χ0) is 19.4. The lowest BCUT2D eigenvalue weighted by Crippen LogP contribution is -2.19. The number of amides is 2. The first-order valence-corrected chi connectivity index (χ1v) is 9.29. The number of anilines is 1. The summed E-state index contributed by atoms with van der Waals surface area (Å²) < 4.78 is 1.79. The lowest BCUT2D eigenvalue weighted by Gasteiger charge is -2.08. The molecule has 3 rings (SSSR count). The topological polar surface area (TPSA) is 103 Å². The summed E-state index contributed by atoms with van der Waals surface area (Å²) in [6, 6.07) is 13.9. The van der Waals surface area contributed by atoms with Crippen LogP contribution in [0.25, 0.3) is 11.4 Å². The number of hydrogen-bond donors (Lipinski definition) is 2. The largest absolute Gasteiger partial charge is 0.366 e. The average Bonchev–Trinajstić information content (AvgIpc) is 3.01. The molecule has 3 aromatic rings. The number of nitrogens with one attached hydrogen (secondary N) is 1. The molecule has 0 saturated carbocycles. The van der Waals surface area contributed by atoms with E-state index in [0.29, 0.717) is 21.7 Å². The number of benzene rings is 2. The molecule has 0 unspecified atom stereocenters. The van der Waals surface area contributed by atoms with Gasteiger partial charge in [0.1, 0.15) is 0 Å². The maximum absolute atomic E-state index is 12.2. The maximum atomic E-state index is 12.2. The van der Waals surface area contributed by atoms with Crippen molar-refractivity contribution in [2.45, 2.75) is 5.16 Å². The van der Waals surface area contributed by atoms with Gasteiger partial charge in [0.15, 0.2) is 11.0 Å². The molecule has 7 nitrogen and oxygen atoms in total. The van der Waals surface area contributed by atoms with Gasteiger partial charge < -0.3 is 15.6 Å². The number of halogens is 1. The second-order valence-electron chi connectivity index (χ2n) is 5.62. The first-order valence-electron chi connectivity index (χ1n) is 7.92. The van der Waals surface area contributed by atoms with E-state index >= 15 is 0 Å².